The number of nitrogens with one attached hydrogen (secondary N) is 2. The monoisotopic (exact) mass is 455 g/mol. The normalized spacial score (nSPS) is 14.2. The number of carbonyl (C=O) groups is 2. The average Bonchev–Trinajstić information content (AvgIpc) is 3.33. The molecule has 4 rings (SSSR count). The van der Waals surface area contributed by atoms with Crippen molar-refractivity contribution in [2.24, 2.45) is 5.92 Å². The highest BCUT2D eigenvalue weighted by atomic mass is 35.5. The molecule has 0 radical (unpaired) electrons. The molecule has 166 valence electrons. The smallest absolute Gasteiger partial charge is 0.274 e. The lowest BCUT2D eigenvalue weighted by molar-refractivity contribution is -0.126. The molecule has 2 amide bonds. The quantitative estimate of drug-likeness (QED) is 0.582. The second kappa shape index (κ2) is 9.73. The van der Waals surface area contributed by atoms with Crippen molar-refractivity contribution in [2.45, 2.75) is 19.4 Å². The van der Waals surface area contributed by atoms with Crippen LogP contribution in [0.4, 0.5) is 0 Å². The Kier molecular flexibility index (Phi) is 6.60. The number of ether oxygens (including phenoxy) is 1. The molecule has 32 heavy (non-hydrogen) atoms. The van der Waals surface area contributed by atoms with E-state index in [1.165, 1.54) is 13.3 Å². The predicted molar refractivity (Wildman–Crippen MR) is 116 cm³/mol. The summed E-state index contributed by atoms with van der Waals surface area (Å²) in [5.41, 5.74) is 2.23. The van der Waals surface area contributed by atoms with E-state index < -0.39 is 0 Å². The van der Waals surface area contributed by atoms with E-state index in [2.05, 4.69) is 30.5 Å². The standard InChI is InChI=1S/C21H22ClN7O3/c1-32-19-8-15(16(22)12-25-19)17-9-18(28-27-17)21(31)29-6-2-13(3-7-29)20(30)26-11-14-10-23-4-5-24-14/h4-5,8-10,12-13H,2-3,6-7,11H2,1H3,(H,26,30)(H,27,28). The first-order chi connectivity index (χ1) is 15.5. The third-order valence-electron chi connectivity index (χ3n) is 5.34. The molecule has 2 N–H and O–H groups in total. The van der Waals surface area contributed by atoms with Gasteiger partial charge in [0.25, 0.3) is 5.91 Å². The number of aromatic nitrogens is 5. The second-order valence-corrected chi connectivity index (χ2v) is 7.76. The van der Waals surface area contributed by atoms with E-state index in [-0.39, 0.29) is 23.4 Å². The van der Waals surface area contributed by atoms with Crippen molar-refractivity contribution in [2.75, 3.05) is 20.2 Å². The molecule has 0 saturated carbocycles. The molecule has 1 saturated heterocycles. The van der Waals surface area contributed by atoms with Gasteiger partial charge in [0.2, 0.25) is 11.8 Å². The van der Waals surface area contributed by atoms with Crippen LogP contribution >= 0.6 is 11.6 Å². The Hall–Kier alpha value is -3.53. The van der Waals surface area contributed by atoms with Gasteiger partial charge in [0.05, 0.1) is 42.5 Å². The van der Waals surface area contributed by atoms with Crippen LogP contribution in [0, 0.1) is 5.92 Å². The molecule has 0 aromatic carbocycles. The number of hydrogen-bond acceptors (Lipinski definition) is 7. The van der Waals surface area contributed by atoms with E-state index in [1.807, 2.05) is 0 Å². The number of carbonyl (C=O) groups excluding carboxylic acids is 2. The highest BCUT2D eigenvalue weighted by Gasteiger charge is 2.29. The van der Waals surface area contributed by atoms with E-state index in [1.54, 1.807) is 35.6 Å². The van der Waals surface area contributed by atoms with Crippen molar-refractivity contribution in [1.82, 2.24) is 35.4 Å². The fraction of sp³-hybridized carbons (Fsp3) is 0.333. The molecule has 11 heteroatoms. The lowest BCUT2D eigenvalue weighted by atomic mass is 9.95. The predicted octanol–water partition coefficient (Wildman–Crippen LogP) is 2.09. The molecular formula is C21H22ClN7O3. The third kappa shape index (κ3) is 4.86. The Labute approximate surface area is 189 Å². The first-order valence-corrected chi connectivity index (χ1v) is 10.5. The van der Waals surface area contributed by atoms with Gasteiger partial charge in [0.1, 0.15) is 0 Å². The number of likely N-dealkylation sites (tertiary alicyclic amines) is 1. The van der Waals surface area contributed by atoms with E-state index in [0.717, 1.165) is 0 Å². The summed E-state index contributed by atoms with van der Waals surface area (Å²) in [6, 6.07) is 3.33. The molecule has 0 aliphatic carbocycles. The third-order valence-corrected chi connectivity index (χ3v) is 5.64. The van der Waals surface area contributed by atoms with E-state index >= 15 is 0 Å². The summed E-state index contributed by atoms with van der Waals surface area (Å²) in [7, 11) is 1.52. The largest absolute Gasteiger partial charge is 0.481 e. The zero-order chi connectivity index (χ0) is 22.5. The molecule has 1 fully saturated rings. The SMILES string of the molecule is COc1cc(-c2cc(C(=O)N3CCC(C(=O)NCc4cnccn4)CC3)n[nH]2)c(Cl)cn1. The molecule has 3 aromatic rings. The van der Waals surface area contributed by atoms with Gasteiger partial charge in [-0.25, -0.2) is 4.98 Å². The first-order valence-electron chi connectivity index (χ1n) is 10.1. The Morgan fingerprint density at radius 1 is 1.22 bits per heavy atom. The lowest BCUT2D eigenvalue weighted by Crippen LogP contribution is -2.43. The summed E-state index contributed by atoms with van der Waals surface area (Å²) in [5, 5.41) is 10.3. The highest BCUT2D eigenvalue weighted by Crippen LogP contribution is 2.29. The molecule has 4 heterocycles. The number of hydrogen-bond donors (Lipinski definition) is 2. The molecule has 10 nitrogen and oxygen atoms in total. The Morgan fingerprint density at radius 3 is 2.75 bits per heavy atom. The van der Waals surface area contributed by atoms with Crippen molar-refractivity contribution in [3.05, 3.63) is 53.3 Å². The van der Waals surface area contributed by atoms with E-state index in [9.17, 15) is 9.59 Å². The van der Waals surface area contributed by atoms with E-state index in [0.29, 0.717) is 60.3 Å². The summed E-state index contributed by atoms with van der Waals surface area (Å²) >= 11 is 6.23. The van der Waals surface area contributed by atoms with Gasteiger partial charge in [-0.3, -0.25) is 24.7 Å². The van der Waals surface area contributed by atoms with Crippen molar-refractivity contribution in [3.8, 4) is 17.1 Å². The van der Waals surface area contributed by atoms with E-state index in [4.69, 9.17) is 16.3 Å². The van der Waals surface area contributed by atoms with Crippen LogP contribution in [0.15, 0.2) is 36.9 Å². The van der Waals surface area contributed by atoms with Crippen LogP contribution in [0.3, 0.4) is 0 Å². The van der Waals surface area contributed by atoms with Gasteiger partial charge in [-0.15, -0.1) is 0 Å². The average molecular weight is 456 g/mol. The van der Waals surface area contributed by atoms with Gasteiger partial charge >= 0.3 is 0 Å². The minimum absolute atomic E-state index is 0.0360. The molecule has 1 aliphatic rings. The number of halogens is 1. The van der Waals surface area contributed by atoms with Crippen LogP contribution in [-0.4, -0.2) is 62.1 Å². The Bertz CT molecular complexity index is 1100. The summed E-state index contributed by atoms with van der Waals surface area (Å²) in [6.45, 7) is 1.30. The van der Waals surface area contributed by atoms with Crippen molar-refractivity contribution in [3.63, 3.8) is 0 Å². The van der Waals surface area contributed by atoms with Crippen LogP contribution in [0.25, 0.3) is 11.3 Å². The second-order valence-electron chi connectivity index (χ2n) is 7.35. The van der Waals surface area contributed by atoms with Crippen molar-refractivity contribution >= 4 is 23.4 Å². The number of rotatable bonds is 6. The van der Waals surface area contributed by atoms with Crippen LogP contribution in [-0.2, 0) is 11.3 Å². The van der Waals surface area contributed by atoms with Gasteiger partial charge in [-0.1, -0.05) is 11.6 Å². The van der Waals surface area contributed by atoms with Gasteiger partial charge in [0, 0.05) is 43.0 Å². The number of aromatic amines is 1. The summed E-state index contributed by atoms with van der Waals surface area (Å²) in [4.78, 5) is 39.2. The Morgan fingerprint density at radius 2 is 2.03 bits per heavy atom. The minimum atomic E-state index is -0.192. The zero-order valence-electron chi connectivity index (χ0n) is 17.4. The highest BCUT2D eigenvalue weighted by molar-refractivity contribution is 6.33. The van der Waals surface area contributed by atoms with Crippen LogP contribution in [0.5, 0.6) is 5.88 Å². The summed E-state index contributed by atoms with van der Waals surface area (Å²) in [6.07, 6.45) is 7.45. The molecule has 0 atom stereocenters. The van der Waals surface area contributed by atoms with Gasteiger partial charge < -0.3 is 15.0 Å². The van der Waals surface area contributed by atoms with Gasteiger partial charge in [-0.2, -0.15) is 5.10 Å². The maximum Gasteiger partial charge on any atom is 0.274 e. The minimum Gasteiger partial charge on any atom is -0.481 e. The first kappa shape index (κ1) is 21.7. The lowest BCUT2D eigenvalue weighted by Gasteiger charge is -2.30. The van der Waals surface area contributed by atoms with Gasteiger partial charge in [0.15, 0.2) is 5.69 Å². The topological polar surface area (TPSA) is 126 Å². The fourth-order valence-corrected chi connectivity index (χ4v) is 3.76. The van der Waals surface area contributed by atoms with Crippen LogP contribution in [0.1, 0.15) is 29.0 Å². The molecule has 3 aromatic heterocycles. The maximum absolute atomic E-state index is 12.9. The molecular weight excluding hydrogens is 434 g/mol. The van der Waals surface area contributed by atoms with Crippen molar-refractivity contribution in [1.29, 1.82) is 0 Å². The summed E-state index contributed by atoms with van der Waals surface area (Å²) < 4.78 is 5.13. The molecule has 0 spiro atoms. The Balaban J connectivity index is 1.33. The van der Waals surface area contributed by atoms with Gasteiger partial charge in [-0.05, 0) is 18.9 Å². The van der Waals surface area contributed by atoms with Crippen LogP contribution in [0.2, 0.25) is 5.02 Å². The maximum atomic E-state index is 12.9. The number of amides is 2. The fourth-order valence-electron chi connectivity index (χ4n) is 3.56. The number of H-pyrrole nitrogens is 1. The number of nitrogens with zero attached hydrogens (tertiary/aromatic N) is 5. The number of methoxy groups -OCH3 is 1. The summed E-state index contributed by atoms with van der Waals surface area (Å²) in [5.74, 6) is 0.0363. The molecule has 1 aliphatic heterocycles. The molecule has 0 bridgehead atoms. The van der Waals surface area contributed by atoms with Crippen molar-refractivity contribution < 1.29 is 14.3 Å². The number of pyridine rings is 1. The molecule has 0 unspecified atom stereocenters. The zero-order valence-corrected chi connectivity index (χ0v) is 18.2. The number of piperidine rings is 1. The van der Waals surface area contributed by atoms with Crippen LogP contribution < -0.4 is 10.1 Å².